The van der Waals surface area contributed by atoms with Gasteiger partial charge in [0.15, 0.2) is 0 Å². The standard InChI is InChI=1S/C14H20O2S/c1-2-17-14-9-8-13(11-16-14)15-10-12-6-4-3-5-7-12/h3-7,13-14H,2,8-11H2,1H3. The molecule has 0 N–H and O–H groups in total. The van der Waals surface area contributed by atoms with Crippen molar-refractivity contribution < 1.29 is 9.47 Å². The second-order valence-corrected chi connectivity index (χ2v) is 5.65. The minimum Gasteiger partial charge on any atom is -0.371 e. The van der Waals surface area contributed by atoms with E-state index in [1.54, 1.807) is 0 Å². The van der Waals surface area contributed by atoms with Crippen molar-refractivity contribution in [1.82, 2.24) is 0 Å². The van der Waals surface area contributed by atoms with Gasteiger partial charge in [-0.05, 0) is 24.2 Å². The normalized spacial score (nSPS) is 24.8. The molecule has 3 heteroatoms. The molecule has 2 atom stereocenters. The SMILES string of the molecule is CCSC1CCC(OCc2ccccc2)CO1. The van der Waals surface area contributed by atoms with E-state index in [-0.39, 0.29) is 6.10 Å². The Morgan fingerprint density at radius 1 is 1.29 bits per heavy atom. The van der Waals surface area contributed by atoms with Gasteiger partial charge in [-0.25, -0.2) is 0 Å². The van der Waals surface area contributed by atoms with E-state index >= 15 is 0 Å². The van der Waals surface area contributed by atoms with Gasteiger partial charge in [0.05, 0.1) is 19.3 Å². The molecule has 1 aliphatic rings. The van der Waals surface area contributed by atoms with Crippen LogP contribution in [0, 0.1) is 0 Å². The molecule has 2 nitrogen and oxygen atoms in total. The van der Waals surface area contributed by atoms with E-state index < -0.39 is 0 Å². The van der Waals surface area contributed by atoms with Gasteiger partial charge in [-0.1, -0.05) is 37.3 Å². The Morgan fingerprint density at radius 2 is 2.12 bits per heavy atom. The number of benzene rings is 1. The number of rotatable bonds is 5. The van der Waals surface area contributed by atoms with Crippen molar-refractivity contribution in [2.24, 2.45) is 0 Å². The van der Waals surface area contributed by atoms with E-state index in [4.69, 9.17) is 9.47 Å². The lowest BCUT2D eigenvalue weighted by molar-refractivity contribution is -0.0662. The van der Waals surface area contributed by atoms with Crippen LogP contribution >= 0.6 is 11.8 Å². The summed E-state index contributed by atoms with van der Waals surface area (Å²) < 4.78 is 11.6. The van der Waals surface area contributed by atoms with E-state index in [2.05, 4.69) is 19.1 Å². The van der Waals surface area contributed by atoms with Gasteiger partial charge >= 0.3 is 0 Å². The highest BCUT2D eigenvalue weighted by molar-refractivity contribution is 7.99. The molecule has 2 unspecified atom stereocenters. The van der Waals surface area contributed by atoms with Crippen LogP contribution in [0.2, 0.25) is 0 Å². The van der Waals surface area contributed by atoms with Gasteiger partial charge in [0, 0.05) is 0 Å². The summed E-state index contributed by atoms with van der Waals surface area (Å²) in [5.41, 5.74) is 1.62. The maximum absolute atomic E-state index is 5.86. The minimum atomic E-state index is 0.268. The predicted molar refractivity (Wildman–Crippen MR) is 72.1 cm³/mol. The topological polar surface area (TPSA) is 18.5 Å². The fourth-order valence-electron chi connectivity index (χ4n) is 1.94. The molecule has 0 saturated carbocycles. The van der Waals surface area contributed by atoms with Crippen LogP contribution in [-0.4, -0.2) is 23.9 Å². The molecule has 94 valence electrons. The van der Waals surface area contributed by atoms with Crippen molar-refractivity contribution in [2.45, 2.75) is 37.9 Å². The van der Waals surface area contributed by atoms with Gasteiger partial charge in [-0.15, -0.1) is 11.8 Å². The molecule has 1 heterocycles. The maximum Gasteiger partial charge on any atom is 0.103 e. The molecule has 0 aliphatic carbocycles. The summed E-state index contributed by atoms with van der Waals surface area (Å²) in [5.74, 6) is 1.13. The van der Waals surface area contributed by atoms with Gasteiger partial charge in [0.2, 0.25) is 0 Å². The zero-order chi connectivity index (χ0) is 11.9. The third-order valence-corrected chi connectivity index (χ3v) is 3.95. The Hall–Kier alpha value is -0.510. The summed E-state index contributed by atoms with van der Waals surface area (Å²) >= 11 is 1.89. The highest BCUT2D eigenvalue weighted by Crippen LogP contribution is 2.24. The Labute approximate surface area is 108 Å². The Morgan fingerprint density at radius 3 is 2.76 bits per heavy atom. The van der Waals surface area contributed by atoms with Gasteiger partial charge < -0.3 is 9.47 Å². The van der Waals surface area contributed by atoms with Gasteiger partial charge in [-0.3, -0.25) is 0 Å². The Balaban J connectivity index is 1.68. The fraction of sp³-hybridized carbons (Fsp3) is 0.571. The summed E-state index contributed by atoms with van der Waals surface area (Å²) in [6.45, 7) is 3.61. The lowest BCUT2D eigenvalue weighted by atomic mass is 10.1. The second-order valence-electron chi connectivity index (χ2n) is 4.21. The molecular formula is C14H20O2S. The number of hydrogen-bond acceptors (Lipinski definition) is 3. The van der Waals surface area contributed by atoms with Crippen LogP contribution in [0.15, 0.2) is 30.3 Å². The van der Waals surface area contributed by atoms with Crippen molar-refractivity contribution in [3.05, 3.63) is 35.9 Å². The molecule has 1 fully saturated rings. The summed E-state index contributed by atoms with van der Waals surface area (Å²) in [4.78, 5) is 0. The highest BCUT2D eigenvalue weighted by Gasteiger charge is 2.21. The van der Waals surface area contributed by atoms with Gasteiger partial charge in [0.1, 0.15) is 5.44 Å². The summed E-state index contributed by atoms with van der Waals surface area (Å²) in [6.07, 6.45) is 2.49. The van der Waals surface area contributed by atoms with E-state index in [1.165, 1.54) is 5.56 Å². The molecule has 0 radical (unpaired) electrons. The van der Waals surface area contributed by atoms with E-state index in [1.807, 2.05) is 30.0 Å². The van der Waals surface area contributed by atoms with E-state index in [9.17, 15) is 0 Å². The van der Waals surface area contributed by atoms with Crippen LogP contribution < -0.4 is 0 Å². The number of ether oxygens (including phenoxy) is 2. The van der Waals surface area contributed by atoms with Crippen molar-refractivity contribution in [3.63, 3.8) is 0 Å². The predicted octanol–water partition coefficient (Wildman–Crippen LogP) is 3.46. The van der Waals surface area contributed by atoms with Crippen molar-refractivity contribution in [1.29, 1.82) is 0 Å². The Bertz CT molecular complexity index is 307. The zero-order valence-electron chi connectivity index (χ0n) is 10.3. The molecule has 0 spiro atoms. The first kappa shape index (κ1) is 12.9. The van der Waals surface area contributed by atoms with Crippen LogP contribution in [0.1, 0.15) is 25.3 Å². The van der Waals surface area contributed by atoms with Crippen molar-refractivity contribution >= 4 is 11.8 Å². The Kier molecular flexibility index (Phi) is 5.36. The van der Waals surface area contributed by atoms with Crippen LogP contribution in [-0.2, 0) is 16.1 Å². The maximum atomic E-state index is 5.86. The van der Waals surface area contributed by atoms with E-state index in [0.717, 1.165) is 25.2 Å². The summed E-state index contributed by atoms with van der Waals surface area (Å²) in [6, 6.07) is 10.3. The third-order valence-electron chi connectivity index (χ3n) is 2.87. The molecule has 1 aromatic rings. The van der Waals surface area contributed by atoms with Crippen molar-refractivity contribution in [2.75, 3.05) is 12.4 Å². The zero-order valence-corrected chi connectivity index (χ0v) is 11.1. The highest BCUT2D eigenvalue weighted by atomic mass is 32.2. The molecule has 0 aromatic heterocycles. The largest absolute Gasteiger partial charge is 0.371 e. The van der Waals surface area contributed by atoms with Crippen LogP contribution in [0.4, 0.5) is 0 Å². The average molecular weight is 252 g/mol. The first-order valence-corrected chi connectivity index (χ1v) is 7.32. The minimum absolute atomic E-state index is 0.268. The molecule has 2 rings (SSSR count). The van der Waals surface area contributed by atoms with Crippen LogP contribution in [0.3, 0.4) is 0 Å². The number of hydrogen-bond donors (Lipinski definition) is 0. The fourth-order valence-corrected chi connectivity index (χ4v) is 2.79. The van der Waals surface area contributed by atoms with Gasteiger partial charge in [0.25, 0.3) is 0 Å². The summed E-state index contributed by atoms with van der Waals surface area (Å²) in [7, 11) is 0. The molecule has 0 amide bonds. The molecule has 1 aromatic carbocycles. The lowest BCUT2D eigenvalue weighted by Crippen LogP contribution is -2.29. The molecular weight excluding hydrogens is 232 g/mol. The molecule has 0 bridgehead atoms. The first-order valence-electron chi connectivity index (χ1n) is 6.27. The summed E-state index contributed by atoms with van der Waals surface area (Å²) in [5, 5.41) is 0. The average Bonchev–Trinajstić information content (AvgIpc) is 2.40. The van der Waals surface area contributed by atoms with Crippen molar-refractivity contribution in [3.8, 4) is 0 Å². The van der Waals surface area contributed by atoms with Gasteiger partial charge in [-0.2, -0.15) is 0 Å². The number of thioether (sulfide) groups is 1. The smallest absolute Gasteiger partial charge is 0.103 e. The second kappa shape index (κ2) is 7.04. The first-order chi connectivity index (χ1) is 8.38. The third kappa shape index (κ3) is 4.34. The molecule has 17 heavy (non-hydrogen) atoms. The van der Waals surface area contributed by atoms with Crippen LogP contribution in [0.25, 0.3) is 0 Å². The monoisotopic (exact) mass is 252 g/mol. The quantitative estimate of drug-likeness (QED) is 0.799. The molecule has 1 aliphatic heterocycles. The lowest BCUT2D eigenvalue weighted by Gasteiger charge is -2.28. The molecule has 1 saturated heterocycles. The van der Waals surface area contributed by atoms with Crippen LogP contribution in [0.5, 0.6) is 0 Å². The van der Waals surface area contributed by atoms with E-state index in [0.29, 0.717) is 12.0 Å².